The normalized spacial score (nSPS) is 15.6. The zero-order valence-corrected chi connectivity index (χ0v) is 20.2. The van der Waals surface area contributed by atoms with Crippen molar-refractivity contribution in [3.05, 3.63) is 53.6 Å². The number of rotatable bonds is 11. The Morgan fingerprint density at radius 3 is 2.28 bits per heavy atom. The fraction of sp³-hybridized carbons (Fsp3) is 0.500. The van der Waals surface area contributed by atoms with E-state index in [1.54, 1.807) is 36.4 Å². The molecule has 1 heterocycles. The van der Waals surface area contributed by atoms with Crippen molar-refractivity contribution in [1.29, 1.82) is 0 Å². The first-order valence-electron chi connectivity index (χ1n) is 11.2. The van der Waals surface area contributed by atoms with Gasteiger partial charge in [-0.25, -0.2) is 8.42 Å². The van der Waals surface area contributed by atoms with Gasteiger partial charge in [0.15, 0.2) is 0 Å². The van der Waals surface area contributed by atoms with Crippen LogP contribution in [0.1, 0.15) is 38.5 Å². The number of sulfonamides is 1. The Bertz CT molecular complexity index is 927. The van der Waals surface area contributed by atoms with E-state index in [1.165, 1.54) is 36.3 Å². The first kappa shape index (κ1) is 24.8. The lowest BCUT2D eigenvalue weighted by atomic mass is 10.1. The average Bonchev–Trinajstić information content (AvgIpc) is 2.80. The van der Waals surface area contributed by atoms with Crippen LogP contribution < -0.4 is 9.04 Å². The number of likely N-dealkylation sites (tertiary alicyclic amines) is 1. The largest absolute Gasteiger partial charge is 0.494 e. The van der Waals surface area contributed by atoms with E-state index in [-0.39, 0.29) is 11.0 Å². The number of aliphatic hydroxyl groups is 1. The summed E-state index contributed by atoms with van der Waals surface area (Å²) in [5, 5.41) is 10.0. The Morgan fingerprint density at radius 2 is 1.62 bits per heavy atom. The monoisotopic (exact) mass is 480 g/mol. The summed E-state index contributed by atoms with van der Waals surface area (Å²) in [4.78, 5) is 2.64. The van der Waals surface area contributed by atoms with Crippen LogP contribution in [0, 0.1) is 0 Å². The second-order valence-electron chi connectivity index (χ2n) is 8.26. The summed E-state index contributed by atoms with van der Waals surface area (Å²) < 4.78 is 32.6. The van der Waals surface area contributed by atoms with Crippen molar-refractivity contribution in [1.82, 2.24) is 4.90 Å². The highest BCUT2D eigenvalue weighted by molar-refractivity contribution is 7.92. The molecular formula is C24H33ClN2O4S. The lowest BCUT2D eigenvalue weighted by Crippen LogP contribution is -2.36. The number of hydrogen-bond donors (Lipinski definition) is 1. The molecule has 0 unspecified atom stereocenters. The van der Waals surface area contributed by atoms with Gasteiger partial charge in [-0.3, -0.25) is 4.31 Å². The summed E-state index contributed by atoms with van der Waals surface area (Å²) in [7, 11) is -2.11. The van der Waals surface area contributed by atoms with Gasteiger partial charge in [0.1, 0.15) is 5.75 Å². The molecule has 0 aromatic heterocycles. The van der Waals surface area contributed by atoms with Crippen molar-refractivity contribution in [3.63, 3.8) is 0 Å². The van der Waals surface area contributed by atoms with Crippen LogP contribution in [0.25, 0.3) is 0 Å². The third-order valence-electron chi connectivity index (χ3n) is 5.87. The number of ether oxygens (including phenoxy) is 1. The van der Waals surface area contributed by atoms with E-state index < -0.39 is 10.0 Å². The number of benzene rings is 2. The fourth-order valence-electron chi connectivity index (χ4n) is 3.78. The highest BCUT2D eigenvalue weighted by atomic mass is 35.5. The van der Waals surface area contributed by atoms with Crippen LogP contribution in [0.2, 0.25) is 5.02 Å². The highest BCUT2D eigenvalue weighted by Gasteiger charge is 2.21. The predicted molar refractivity (Wildman–Crippen MR) is 129 cm³/mol. The topological polar surface area (TPSA) is 70.1 Å². The molecule has 176 valence electrons. The van der Waals surface area contributed by atoms with Crippen molar-refractivity contribution in [3.8, 4) is 5.75 Å². The lowest BCUT2D eigenvalue weighted by molar-refractivity contribution is 0.0817. The first-order chi connectivity index (χ1) is 15.4. The van der Waals surface area contributed by atoms with Crippen LogP contribution in [0.5, 0.6) is 5.75 Å². The third kappa shape index (κ3) is 7.10. The molecule has 0 bridgehead atoms. The molecule has 8 heteroatoms. The van der Waals surface area contributed by atoms with E-state index >= 15 is 0 Å². The van der Waals surface area contributed by atoms with Gasteiger partial charge < -0.3 is 14.7 Å². The number of unbranched alkanes of at least 4 members (excludes halogenated alkanes) is 3. The highest BCUT2D eigenvalue weighted by Crippen LogP contribution is 2.25. The molecule has 6 nitrogen and oxygen atoms in total. The zero-order chi connectivity index (χ0) is 23.0. The van der Waals surface area contributed by atoms with E-state index in [0.717, 1.165) is 51.1 Å². The number of aliphatic hydroxyl groups excluding tert-OH is 1. The van der Waals surface area contributed by atoms with Crippen molar-refractivity contribution in [2.75, 3.05) is 37.6 Å². The second kappa shape index (κ2) is 11.9. The summed E-state index contributed by atoms with van der Waals surface area (Å²) in [6.07, 6.45) is 6.16. The molecule has 3 rings (SSSR count). The molecule has 0 saturated carbocycles. The summed E-state index contributed by atoms with van der Waals surface area (Å²) in [6, 6.07) is 13.2. The summed E-state index contributed by atoms with van der Waals surface area (Å²) >= 11 is 5.86. The molecule has 1 aliphatic heterocycles. The van der Waals surface area contributed by atoms with Crippen molar-refractivity contribution < 1.29 is 18.3 Å². The molecule has 2 aromatic carbocycles. The van der Waals surface area contributed by atoms with E-state index in [4.69, 9.17) is 16.3 Å². The minimum Gasteiger partial charge on any atom is -0.494 e. The quantitative estimate of drug-likeness (QED) is 0.477. The zero-order valence-electron chi connectivity index (χ0n) is 18.6. The second-order valence-corrected chi connectivity index (χ2v) is 10.7. The Morgan fingerprint density at radius 1 is 1.00 bits per heavy atom. The Labute approximate surface area is 196 Å². The molecule has 0 atom stereocenters. The Kier molecular flexibility index (Phi) is 9.22. The van der Waals surface area contributed by atoms with Crippen LogP contribution in [-0.4, -0.2) is 57.8 Å². The van der Waals surface area contributed by atoms with Crippen LogP contribution >= 0.6 is 11.6 Å². The maximum absolute atomic E-state index is 12.8. The van der Waals surface area contributed by atoms with E-state index in [1.807, 2.05) is 0 Å². The molecule has 0 amide bonds. The molecule has 1 fully saturated rings. The molecule has 1 N–H and O–H groups in total. The van der Waals surface area contributed by atoms with Gasteiger partial charge in [0, 0.05) is 25.2 Å². The van der Waals surface area contributed by atoms with E-state index in [9.17, 15) is 13.5 Å². The SMILES string of the molecule is CN(c1ccc(OCCCCCCN2CCC(O)CC2)cc1)S(=O)(=O)c1ccc(Cl)cc1. The molecule has 0 aliphatic carbocycles. The van der Waals surface area contributed by atoms with E-state index in [0.29, 0.717) is 17.3 Å². The number of anilines is 1. The van der Waals surface area contributed by atoms with Gasteiger partial charge in [0.05, 0.1) is 23.3 Å². The summed E-state index contributed by atoms with van der Waals surface area (Å²) in [5.74, 6) is 0.734. The van der Waals surface area contributed by atoms with Gasteiger partial charge in [-0.1, -0.05) is 24.4 Å². The van der Waals surface area contributed by atoms with Gasteiger partial charge in [-0.15, -0.1) is 0 Å². The number of nitrogens with zero attached hydrogens (tertiary/aromatic N) is 2. The smallest absolute Gasteiger partial charge is 0.264 e. The minimum absolute atomic E-state index is 0.106. The van der Waals surface area contributed by atoms with Gasteiger partial charge in [-0.05, 0) is 80.8 Å². The molecule has 32 heavy (non-hydrogen) atoms. The standard InChI is InChI=1S/C24H33ClN2O4S/c1-26(32(29,30)24-12-6-20(25)7-13-24)21-8-10-23(11-9-21)31-19-5-3-2-4-16-27-17-14-22(28)15-18-27/h6-13,22,28H,2-5,14-19H2,1H3. The molecule has 0 radical (unpaired) electrons. The van der Waals surface area contributed by atoms with Gasteiger partial charge >= 0.3 is 0 Å². The van der Waals surface area contributed by atoms with Gasteiger partial charge in [-0.2, -0.15) is 0 Å². The lowest BCUT2D eigenvalue weighted by Gasteiger charge is -2.29. The maximum Gasteiger partial charge on any atom is 0.264 e. The van der Waals surface area contributed by atoms with Crippen LogP contribution in [-0.2, 0) is 10.0 Å². The molecule has 0 spiro atoms. The van der Waals surface area contributed by atoms with Crippen molar-refractivity contribution >= 4 is 27.3 Å². The Balaban J connectivity index is 1.37. The molecule has 1 saturated heterocycles. The predicted octanol–water partition coefficient (Wildman–Crippen LogP) is 4.56. The van der Waals surface area contributed by atoms with Gasteiger partial charge in [0.2, 0.25) is 0 Å². The average molecular weight is 481 g/mol. The van der Waals surface area contributed by atoms with Crippen molar-refractivity contribution in [2.24, 2.45) is 0 Å². The number of hydrogen-bond acceptors (Lipinski definition) is 5. The fourth-order valence-corrected chi connectivity index (χ4v) is 5.10. The number of halogens is 1. The summed E-state index contributed by atoms with van der Waals surface area (Å²) in [5.41, 5.74) is 0.567. The van der Waals surface area contributed by atoms with Crippen molar-refractivity contribution in [2.45, 2.75) is 49.5 Å². The third-order valence-corrected chi connectivity index (χ3v) is 7.92. The number of piperidine rings is 1. The van der Waals surface area contributed by atoms with Crippen LogP contribution in [0.15, 0.2) is 53.4 Å². The maximum atomic E-state index is 12.8. The Hall–Kier alpha value is -1.80. The molecular weight excluding hydrogens is 448 g/mol. The van der Waals surface area contributed by atoms with E-state index in [2.05, 4.69) is 4.90 Å². The summed E-state index contributed by atoms with van der Waals surface area (Å²) in [6.45, 7) is 3.78. The minimum atomic E-state index is -3.64. The molecule has 2 aromatic rings. The first-order valence-corrected chi connectivity index (χ1v) is 13.1. The van der Waals surface area contributed by atoms with Crippen LogP contribution in [0.4, 0.5) is 5.69 Å². The van der Waals surface area contributed by atoms with Gasteiger partial charge in [0.25, 0.3) is 10.0 Å². The van der Waals surface area contributed by atoms with Crippen LogP contribution in [0.3, 0.4) is 0 Å². The molecule has 1 aliphatic rings.